The Bertz CT molecular complexity index is 787. The van der Waals surface area contributed by atoms with Gasteiger partial charge in [0.1, 0.15) is 6.10 Å². The third-order valence-electron chi connectivity index (χ3n) is 3.52. The van der Waals surface area contributed by atoms with Crippen LogP contribution in [0.1, 0.15) is 21.4 Å². The van der Waals surface area contributed by atoms with Crippen LogP contribution in [-0.2, 0) is 6.54 Å². The minimum Gasteiger partial charge on any atom is -0.383 e. The maximum atomic E-state index is 11.9. The number of carbonyl (C=O) groups excluding carboxylic acids is 1. The molecule has 0 saturated heterocycles. The van der Waals surface area contributed by atoms with E-state index >= 15 is 0 Å². The third-order valence-corrected chi connectivity index (χ3v) is 4.66. The zero-order valence-corrected chi connectivity index (χ0v) is 13.8. The molecule has 3 rings (SSSR count). The lowest BCUT2D eigenvalue weighted by Gasteiger charge is -2.08. The standard InChI is InChI=1S/C19H18N2O2S/c22-18(14-7-3-1-4-8-14)17-12-11-16(24-17)13-20-19(23)21-15-9-5-2-6-10-15/h1-12,18,22H,13H2,(H2,20,21,23). The summed E-state index contributed by atoms with van der Waals surface area (Å²) in [4.78, 5) is 13.7. The summed E-state index contributed by atoms with van der Waals surface area (Å²) in [6.07, 6.45) is -0.636. The van der Waals surface area contributed by atoms with Gasteiger partial charge in [0, 0.05) is 15.4 Å². The van der Waals surface area contributed by atoms with Crippen LogP contribution in [0.15, 0.2) is 72.8 Å². The zero-order valence-electron chi connectivity index (χ0n) is 13.0. The summed E-state index contributed by atoms with van der Waals surface area (Å²) >= 11 is 1.49. The molecule has 4 nitrogen and oxygen atoms in total. The second-order valence-electron chi connectivity index (χ2n) is 5.29. The Kier molecular flexibility index (Phi) is 5.25. The van der Waals surface area contributed by atoms with Crippen LogP contribution in [0.5, 0.6) is 0 Å². The van der Waals surface area contributed by atoms with Gasteiger partial charge >= 0.3 is 6.03 Å². The molecule has 0 radical (unpaired) electrons. The maximum absolute atomic E-state index is 11.9. The molecule has 0 bridgehead atoms. The SMILES string of the molecule is O=C(NCc1ccc(C(O)c2ccccc2)s1)Nc1ccccc1. The van der Waals surface area contributed by atoms with Crippen molar-refractivity contribution >= 4 is 23.1 Å². The fraction of sp³-hybridized carbons (Fsp3) is 0.105. The monoisotopic (exact) mass is 338 g/mol. The number of urea groups is 1. The summed E-state index contributed by atoms with van der Waals surface area (Å²) in [5.41, 5.74) is 1.61. The molecule has 2 amide bonds. The molecule has 0 spiro atoms. The average molecular weight is 338 g/mol. The van der Waals surface area contributed by atoms with E-state index in [0.29, 0.717) is 6.54 Å². The highest BCUT2D eigenvalue weighted by molar-refractivity contribution is 7.12. The van der Waals surface area contributed by atoms with Gasteiger partial charge in [-0.1, -0.05) is 48.5 Å². The lowest BCUT2D eigenvalue weighted by Crippen LogP contribution is -2.27. The number of hydrogen-bond donors (Lipinski definition) is 3. The second kappa shape index (κ2) is 7.77. The van der Waals surface area contributed by atoms with E-state index in [1.165, 1.54) is 11.3 Å². The Morgan fingerprint density at radius 3 is 2.33 bits per heavy atom. The van der Waals surface area contributed by atoms with Crippen molar-refractivity contribution in [2.45, 2.75) is 12.6 Å². The molecule has 3 N–H and O–H groups in total. The summed E-state index contributed by atoms with van der Waals surface area (Å²) in [6, 6.07) is 22.4. The summed E-state index contributed by atoms with van der Waals surface area (Å²) in [7, 11) is 0. The minimum atomic E-state index is -0.636. The van der Waals surface area contributed by atoms with E-state index in [4.69, 9.17) is 0 Å². The Balaban J connectivity index is 1.55. The predicted octanol–water partition coefficient (Wildman–Crippen LogP) is 4.15. The van der Waals surface area contributed by atoms with Gasteiger partial charge in [0.25, 0.3) is 0 Å². The number of para-hydroxylation sites is 1. The van der Waals surface area contributed by atoms with Gasteiger partial charge in [0.05, 0.1) is 6.54 Å². The highest BCUT2D eigenvalue weighted by atomic mass is 32.1. The molecule has 24 heavy (non-hydrogen) atoms. The lowest BCUT2D eigenvalue weighted by molar-refractivity contribution is 0.224. The van der Waals surface area contributed by atoms with Crippen LogP contribution in [0.25, 0.3) is 0 Å². The van der Waals surface area contributed by atoms with Crippen molar-refractivity contribution in [3.8, 4) is 0 Å². The molecule has 0 fully saturated rings. The van der Waals surface area contributed by atoms with Gasteiger partial charge in [-0.2, -0.15) is 0 Å². The lowest BCUT2D eigenvalue weighted by atomic mass is 10.1. The average Bonchev–Trinajstić information content (AvgIpc) is 3.10. The number of aliphatic hydroxyl groups excluding tert-OH is 1. The van der Waals surface area contributed by atoms with Crippen molar-refractivity contribution in [1.82, 2.24) is 5.32 Å². The van der Waals surface area contributed by atoms with Crippen LogP contribution in [0.3, 0.4) is 0 Å². The maximum Gasteiger partial charge on any atom is 0.319 e. The van der Waals surface area contributed by atoms with Crippen LogP contribution in [0.4, 0.5) is 10.5 Å². The van der Waals surface area contributed by atoms with Crippen molar-refractivity contribution in [1.29, 1.82) is 0 Å². The molecule has 1 unspecified atom stereocenters. The van der Waals surface area contributed by atoms with Crippen molar-refractivity contribution in [2.75, 3.05) is 5.32 Å². The van der Waals surface area contributed by atoms with Gasteiger partial charge in [-0.3, -0.25) is 0 Å². The highest BCUT2D eigenvalue weighted by Crippen LogP contribution is 2.28. The first-order chi connectivity index (χ1) is 11.7. The summed E-state index contributed by atoms with van der Waals surface area (Å²) in [6.45, 7) is 0.421. The van der Waals surface area contributed by atoms with Crippen molar-refractivity contribution in [2.24, 2.45) is 0 Å². The van der Waals surface area contributed by atoms with Crippen LogP contribution >= 0.6 is 11.3 Å². The number of aliphatic hydroxyl groups is 1. The van der Waals surface area contributed by atoms with E-state index in [0.717, 1.165) is 21.0 Å². The Morgan fingerprint density at radius 1 is 0.958 bits per heavy atom. The largest absolute Gasteiger partial charge is 0.383 e. The van der Waals surface area contributed by atoms with E-state index in [9.17, 15) is 9.90 Å². The van der Waals surface area contributed by atoms with Gasteiger partial charge in [-0.15, -0.1) is 11.3 Å². The van der Waals surface area contributed by atoms with E-state index in [1.807, 2.05) is 72.8 Å². The zero-order chi connectivity index (χ0) is 16.8. The van der Waals surface area contributed by atoms with Crippen LogP contribution in [0, 0.1) is 0 Å². The van der Waals surface area contributed by atoms with Crippen molar-refractivity contribution in [3.05, 3.63) is 88.1 Å². The normalized spacial score (nSPS) is 11.7. The molecule has 0 aliphatic rings. The van der Waals surface area contributed by atoms with E-state index in [1.54, 1.807) is 0 Å². The molecule has 0 saturated carbocycles. The number of amides is 2. The Hall–Kier alpha value is -2.63. The minimum absolute atomic E-state index is 0.250. The number of benzene rings is 2. The van der Waals surface area contributed by atoms with Gasteiger partial charge in [-0.25, -0.2) is 4.79 Å². The first-order valence-electron chi connectivity index (χ1n) is 7.64. The number of nitrogens with one attached hydrogen (secondary N) is 2. The van der Waals surface area contributed by atoms with Crippen LogP contribution < -0.4 is 10.6 Å². The molecule has 1 heterocycles. The smallest absolute Gasteiger partial charge is 0.319 e. The number of carbonyl (C=O) groups is 1. The van der Waals surface area contributed by atoms with Gasteiger partial charge < -0.3 is 15.7 Å². The highest BCUT2D eigenvalue weighted by Gasteiger charge is 2.13. The first kappa shape index (κ1) is 16.2. The predicted molar refractivity (Wildman–Crippen MR) is 97.1 cm³/mol. The molecule has 122 valence electrons. The molecule has 0 aliphatic heterocycles. The van der Waals surface area contributed by atoms with Crippen molar-refractivity contribution < 1.29 is 9.90 Å². The van der Waals surface area contributed by atoms with E-state index < -0.39 is 6.10 Å². The quantitative estimate of drug-likeness (QED) is 0.654. The molecule has 2 aromatic carbocycles. The van der Waals surface area contributed by atoms with Crippen molar-refractivity contribution in [3.63, 3.8) is 0 Å². The number of hydrogen-bond acceptors (Lipinski definition) is 3. The van der Waals surface area contributed by atoms with E-state index in [2.05, 4.69) is 10.6 Å². The molecular formula is C19H18N2O2S. The molecule has 1 atom stereocenters. The fourth-order valence-electron chi connectivity index (χ4n) is 2.30. The fourth-order valence-corrected chi connectivity index (χ4v) is 3.27. The number of anilines is 1. The molecular weight excluding hydrogens is 320 g/mol. The first-order valence-corrected chi connectivity index (χ1v) is 8.45. The second-order valence-corrected chi connectivity index (χ2v) is 6.49. The summed E-state index contributed by atoms with van der Waals surface area (Å²) in [5, 5.41) is 16.0. The Labute approximate surface area is 144 Å². The Morgan fingerprint density at radius 2 is 1.62 bits per heavy atom. The van der Waals surface area contributed by atoms with Gasteiger partial charge in [0.2, 0.25) is 0 Å². The molecule has 1 aromatic heterocycles. The molecule has 5 heteroatoms. The van der Waals surface area contributed by atoms with Crippen LogP contribution in [0.2, 0.25) is 0 Å². The summed E-state index contributed by atoms with van der Waals surface area (Å²) in [5.74, 6) is 0. The van der Waals surface area contributed by atoms with Gasteiger partial charge in [0.15, 0.2) is 0 Å². The van der Waals surface area contributed by atoms with Gasteiger partial charge in [-0.05, 0) is 29.8 Å². The van der Waals surface area contributed by atoms with E-state index in [-0.39, 0.29) is 6.03 Å². The molecule has 3 aromatic rings. The topological polar surface area (TPSA) is 61.4 Å². The number of thiophene rings is 1. The molecule has 0 aliphatic carbocycles. The third kappa shape index (κ3) is 4.22. The van der Waals surface area contributed by atoms with Crippen LogP contribution in [-0.4, -0.2) is 11.1 Å². The number of rotatable bonds is 5. The summed E-state index contributed by atoms with van der Waals surface area (Å²) < 4.78 is 0.